The molecule has 0 fully saturated rings. The molecule has 4 aliphatic rings. The quantitative estimate of drug-likeness (QED) is 0.177. The Morgan fingerprint density at radius 3 is 1.98 bits per heavy atom. The molecule has 0 aliphatic carbocycles. The molecule has 5 nitrogen and oxygen atoms in total. The molecule has 0 amide bonds. The van der Waals surface area contributed by atoms with E-state index in [2.05, 4.69) is 149 Å². The molecule has 0 saturated heterocycles. The number of para-hydroxylation sites is 2. The first kappa shape index (κ1) is 30.0. The van der Waals surface area contributed by atoms with Crippen LogP contribution in [0.3, 0.4) is 0 Å². The lowest BCUT2D eigenvalue weighted by Gasteiger charge is -2.39. The molecule has 9 aromatic rings. The first-order valence-electron chi connectivity index (χ1n) is 18.6. The minimum absolute atomic E-state index is 0.0231. The van der Waals surface area contributed by atoms with Crippen LogP contribution in [0.4, 0.5) is 38.4 Å². The number of ether oxygens (including phenoxy) is 2. The van der Waals surface area contributed by atoms with Gasteiger partial charge in [0.15, 0.2) is 0 Å². The maximum Gasteiger partial charge on any atom is 0.258 e. The first-order chi connectivity index (χ1) is 27.2. The molecular weight excluding hydrogens is 712 g/mol. The smallest absolute Gasteiger partial charge is 0.258 e. The lowest BCUT2D eigenvalue weighted by molar-refractivity contribution is 0.466. The van der Waals surface area contributed by atoms with Gasteiger partial charge in [-0.2, -0.15) is 0 Å². The second-order valence-electron chi connectivity index (χ2n) is 14.6. The van der Waals surface area contributed by atoms with Crippen molar-refractivity contribution in [2.45, 2.75) is 0 Å². The monoisotopic (exact) mass is 739 g/mol. The molecule has 4 aliphatic heterocycles. The number of rotatable bonds is 3. The van der Waals surface area contributed by atoms with Gasteiger partial charge in [-0.15, -0.1) is 22.7 Å². The van der Waals surface area contributed by atoms with Gasteiger partial charge in [-0.25, -0.2) is 0 Å². The van der Waals surface area contributed by atoms with Crippen molar-refractivity contribution in [3.05, 3.63) is 152 Å². The van der Waals surface area contributed by atoms with Crippen LogP contribution in [0.25, 0.3) is 20.2 Å². The molecule has 0 bridgehead atoms. The van der Waals surface area contributed by atoms with Gasteiger partial charge in [0.1, 0.15) is 23.0 Å². The molecule has 0 saturated carbocycles. The third kappa shape index (κ3) is 4.19. The van der Waals surface area contributed by atoms with Gasteiger partial charge in [0.2, 0.25) is 0 Å². The van der Waals surface area contributed by atoms with E-state index in [0.29, 0.717) is 0 Å². The van der Waals surface area contributed by atoms with Crippen molar-refractivity contribution in [1.82, 2.24) is 0 Å². The molecule has 55 heavy (non-hydrogen) atoms. The molecule has 256 valence electrons. The van der Waals surface area contributed by atoms with Gasteiger partial charge < -0.3 is 25.0 Å². The van der Waals surface area contributed by atoms with E-state index in [-0.39, 0.29) is 13.4 Å². The lowest BCUT2D eigenvalue weighted by atomic mass is 9.31. The zero-order valence-corrected chi connectivity index (χ0v) is 30.8. The molecule has 0 spiro atoms. The maximum atomic E-state index is 7.00. The number of hydrogen-bond acceptors (Lipinski definition) is 7. The molecule has 0 unspecified atom stereocenters. The van der Waals surface area contributed by atoms with Crippen LogP contribution in [-0.4, -0.2) is 13.4 Å². The van der Waals surface area contributed by atoms with Gasteiger partial charge in [0.25, 0.3) is 13.4 Å². The van der Waals surface area contributed by atoms with E-state index in [1.807, 2.05) is 40.9 Å². The molecule has 13 rings (SSSR count). The Hall–Kier alpha value is -6.41. The Bertz CT molecular complexity index is 3090. The Morgan fingerprint density at radius 1 is 0.509 bits per heavy atom. The predicted molar refractivity (Wildman–Crippen MR) is 234 cm³/mol. The normalized spacial score (nSPS) is 13.8. The van der Waals surface area contributed by atoms with Gasteiger partial charge in [-0.1, -0.05) is 84.9 Å². The van der Waals surface area contributed by atoms with E-state index in [0.717, 1.165) is 51.4 Å². The molecule has 0 radical (unpaired) electrons. The highest BCUT2D eigenvalue weighted by Gasteiger charge is 2.47. The summed E-state index contributed by atoms with van der Waals surface area (Å²) in [7, 11) is 0. The summed E-state index contributed by atoms with van der Waals surface area (Å²) in [6, 6.07) is 54.1. The third-order valence-electron chi connectivity index (χ3n) is 11.6. The van der Waals surface area contributed by atoms with Gasteiger partial charge in [-0.05, 0) is 98.1 Å². The minimum atomic E-state index is -0.0306. The van der Waals surface area contributed by atoms with Crippen molar-refractivity contribution in [3.63, 3.8) is 0 Å². The fourth-order valence-electron chi connectivity index (χ4n) is 9.36. The summed E-state index contributed by atoms with van der Waals surface area (Å²) in [5, 5.41) is 12.5. The standard InChI is InChI=1S/C46H27B2N3O2S2/c1-3-12-26(13-4-1)49-27-22-33-43-38(23-27)53-37-25-36-32(24-31(37)47(43)41-29-16-7-9-20-39(29)54-45(41)50-33)48-42-30-17-8-10-21-40(30)55-46(42)51(28-14-5-2-6-15-28)34-18-11-19-35(52-36)44(34)48/h1-25,49-50H. The largest absolute Gasteiger partial charge is 0.458 e. The topological polar surface area (TPSA) is 45.8 Å². The molecule has 2 aromatic heterocycles. The van der Waals surface area contributed by atoms with Crippen LogP contribution in [0.15, 0.2) is 152 Å². The molecule has 0 atom stereocenters. The average Bonchev–Trinajstić information content (AvgIpc) is 3.79. The van der Waals surface area contributed by atoms with Crippen molar-refractivity contribution in [2.75, 3.05) is 15.5 Å². The number of anilines is 7. The van der Waals surface area contributed by atoms with Gasteiger partial charge in [0.05, 0.1) is 10.0 Å². The zero-order chi connectivity index (χ0) is 35.8. The number of thiophene rings is 2. The highest BCUT2D eigenvalue weighted by Crippen LogP contribution is 2.47. The number of fused-ring (bicyclic) bond motifs is 12. The summed E-state index contributed by atoms with van der Waals surface area (Å²) in [4.78, 5) is 2.44. The summed E-state index contributed by atoms with van der Waals surface area (Å²) >= 11 is 3.69. The predicted octanol–water partition coefficient (Wildman–Crippen LogP) is 8.94. The van der Waals surface area contributed by atoms with E-state index in [9.17, 15) is 0 Å². The second kappa shape index (κ2) is 11.1. The van der Waals surface area contributed by atoms with Gasteiger partial charge in [-0.3, -0.25) is 0 Å². The molecule has 6 heterocycles. The van der Waals surface area contributed by atoms with E-state index >= 15 is 0 Å². The first-order valence-corrected chi connectivity index (χ1v) is 20.2. The van der Waals surface area contributed by atoms with Crippen molar-refractivity contribution >= 4 is 127 Å². The van der Waals surface area contributed by atoms with Crippen LogP contribution < -0.4 is 57.8 Å². The van der Waals surface area contributed by atoms with Crippen LogP contribution in [0.1, 0.15) is 0 Å². The molecule has 9 heteroatoms. The molecule has 2 N–H and O–H groups in total. The van der Waals surface area contributed by atoms with Crippen molar-refractivity contribution in [3.8, 4) is 23.0 Å². The molecule has 7 aromatic carbocycles. The van der Waals surface area contributed by atoms with Crippen molar-refractivity contribution < 1.29 is 9.47 Å². The summed E-state index contributed by atoms with van der Waals surface area (Å²) in [6.45, 7) is -0.0537. The summed E-state index contributed by atoms with van der Waals surface area (Å²) < 4.78 is 16.5. The van der Waals surface area contributed by atoms with Crippen molar-refractivity contribution in [2.24, 2.45) is 0 Å². The van der Waals surface area contributed by atoms with E-state index in [1.54, 1.807) is 0 Å². The Morgan fingerprint density at radius 2 is 1.18 bits per heavy atom. The second-order valence-corrected chi connectivity index (χ2v) is 16.7. The summed E-state index contributed by atoms with van der Waals surface area (Å²) in [6.07, 6.45) is 0. The van der Waals surface area contributed by atoms with Gasteiger partial charge >= 0.3 is 0 Å². The number of benzene rings is 7. The van der Waals surface area contributed by atoms with Gasteiger partial charge in [0, 0.05) is 50.0 Å². The van der Waals surface area contributed by atoms with Crippen LogP contribution >= 0.6 is 22.7 Å². The highest BCUT2D eigenvalue weighted by atomic mass is 32.1. The van der Waals surface area contributed by atoms with Crippen LogP contribution in [0.2, 0.25) is 0 Å². The van der Waals surface area contributed by atoms with Crippen LogP contribution in [0, 0.1) is 0 Å². The Balaban J connectivity index is 1.06. The maximum absolute atomic E-state index is 7.00. The fourth-order valence-corrected chi connectivity index (χ4v) is 11.8. The van der Waals surface area contributed by atoms with Crippen molar-refractivity contribution in [1.29, 1.82) is 0 Å². The SMILES string of the molecule is c1ccc(Nc2cc3c4c(c2)Oc2cc5c(cc2B4c2c(sc4ccccc24)N3)B2c3c(cccc3N(c3ccccc3)c3sc4ccccc4c32)O5)cc1. The highest BCUT2D eigenvalue weighted by molar-refractivity contribution is 7.27. The molecular formula is C46H27B2N3O2S2. The Labute approximate surface area is 325 Å². The van der Waals surface area contributed by atoms with E-state index in [4.69, 9.17) is 9.47 Å². The minimum Gasteiger partial charge on any atom is -0.458 e. The summed E-state index contributed by atoms with van der Waals surface area (Å²) in [5.41, 5.74) is 12.7. The average molecular weight is 739 g/mol. The third-order valence-corrected chi connectivity index (χ3v) is 13.8. The fraction of sp³-hybridized carbons (Fsp3) is 0. The van der Waals surface area contributed by atoms with E-state index < -0.39 is 0 Å². The summed E-state index contributed by atoms with van der Waals surface area (Å²) in [5.74, 6) is 3.41. The number of hydrogen-bond donors (Lipinski definition) is 2. The number of nitrogens with zero attached hydrogens (tertiary/aromatic N) is 1. The lowest BCUT2D eigenvalue weighted by Crippen LogP contribution is -2.62. The Kier molecular flexibility index (Phi) is 6.03. The van der Waals surface area contributed by atoms with E-state index in [1.165, 1.54) is 63.0 Å². The zero-order valence-electron chi connectivity index (χ0n) is 29.2. The van der Waals surface area contributed by atoms with Crippen LogP contribution in [-0.2, 0) is 0 Å². The van der Waals surface area contributed by atoms with Crippen LogP contribution in [0.5, 0.6) is 23.0 Å². The number of nitrogens with one attached hydrogen (secondary N) is 2.